The number of piperidine rings is 1. The number of methoxy groups -OCH3 is 1. The van der Waals surface area contributed by atoms with Crippen LogP contribution in [0.5, 0.6) is 11.5 Å². The Balaban J connectivity index is 1.37. The number of likely N-dealkylation sites (tertiary alicyclic amines) is 1. The summed E-state index contributed by atoms with van der Waals surface area (Å²) in [6.45, 7) is 2.65. The van der Waals surface area contributed by atoms with Crippen molar-refractivity contribution in [1.82, 2.24) is 10.2 Å². The summed E-state index contributed by atoms with van der Waals surface area (Å²) in [5, 5.41) is 3.27. The zero-order valence-corrected chi connectivity index (χ0v) is 16.7. The average Bonchev–Trinajstić information content (AvgIpc) is 2.72. The van der Waals surface area contributed by atoms with Gasteiger partial charge < -0.3 is 19.7 Å². The van der Waals surface area contributed by atoms with Crippen LogP contribution in [0, 0.1) is 11.2 Å². The summed E-state index contributed by atoms with van der Waals surface area (Å²) in [6.07, 6.45) is 2.05. The molecule has 1 N–H and O–H groups in total. The van der Waals surface area contributed by atoms with Gasteiger partial charge in [-0.1, -0.05) is 24.3 Å². The first-order valence-electron chi connectivity index (χ1n) is 10.1. The van der Waals surface area contributed by atoms with Gasteiger partial charge in [-0.3, -0.25) is 4.79 Å². The molecule has 154 valence electrons. The first-order valence-corrected chi connectivity index (χ1v) is 10.1. The van der Waals surface area contributed by atoms with Crippen LogP contribution in [0.3, 0.4) is 0 Å². The lowest BCUT2D eigenvalue weighted by molar-refractivity contribution is -0.147. The molecule has 1 amide bonds. The number of carbonyl (C=O) groups excluding carboxylic acids is 1. The number of hydrogen-bond acceptors (Lipinski definition) is 4. The second-order valence-corrected chi connectivity index (χ2v) is 7.95. The molecule has 6 heteroatoms. The lowest BCUT2D eigenvalue weighted by Gasteiger charge is -2.45. The lowest BCUT2D eigenvalue weighted by Crippen LogP contribution is -2.64. The number of nitrogens with one attached hydrogen (secondary N) is 1. The standard InChI is InChI=1S/C23H27FN2O3/c1-28-19-6-4-5-17(13-19)14-23(15-25-16-23)22(27)26-11-9-18(10-12-26)29-21-8-3-2-7-20(21)24/h2-8,13,18,25H,9-12,14-16H2,1H3. The topological polar surface area (TPSA) is 50.8 Å². The Bertz CT molecular complexity index is 861. The lowest BCUT2D eigenvalue weighted by atomic mass is 9.74. The summed E-state index contributed by atoms with van der Waals surface area (Å²) in [4.78, 5) is 15.3. The number of nitrogens with zero attached hydrogens (tertiary/aromatic N) is 1. The molecule has 4 rings (SSSR count). The molecule has 2 fully saturated rings. The van der Waals surface area contributed by atoms with Gasteiger partial charge in [0.2, 0.25) is 5.91 Å². The number of para-hydroxylation sites is 1. The van der Waals surface area contributed by atoms with Crippen LogP contribution in [0.2, 0.25) is 0 Å². The van der Waals surface area contributed by atoms with E-state index in [1.807, 2.05) is 29.2 Å². The summed E-state index contributed by atoms with van der Waals surface area (Å²) in [7, 11) is 1.65. The summed E-state index contributed by atoms with van der Waals surface area (Å²) >= 11 is 0. The Kier molecular flexibility index (Phi) is 5.72. The Labute approximate surface area is 170 Å². The van der Waals surface area contributed by atoms with Gasteiger partial charge in [0.05, 0.1) is 12.5 Å². The molecule has 2 aliphatic rings. The molecule has 2 aliphatic heterocycles. The average molecular weight is 398 g/mol. The predicted octanol–water partition coefficient (Wildman–Crippen LogP) is 3.04. The molecule has 2 aromatic rings. The number of halogens is 1. The van der Waals surface area contributed by atoms with E-state index in [1.54, 1.807) is 25.3 Å². The van der Waals surface area contributed by atoms with Gasteiger partial charge in [-0.15, -0.1) is 0 Å². The number of rotatable bonds is 6. The van der Waals surface area contributed by atoms with Crippen molar-refractivity contribution >= 4 is 5.91 Å². The molecule has 0 saturated carbocycles. The van der Waals surface area contributed by atoms with E-state index >= 15 is 0 Å². The Morgan fingerprint density at radius 3 is 2.59 bits per heavy atom. The van der Waals surface area contributed by atoms with E-state index in [1.165, 1.54) is 6.07 Å². The number of ether oxygens (including phenoxy) is 2. The summed E-state index contributed by atoms with van der Waals surface area (Å²) < 4.78 is 25.0. The van der Waals surface area contributed by atoms with Crippen molar-refractivity contribution in [2.75, 3.05) is 33.3 Å². The molecular formula is C23H27FN2O3. The second-order valence-electron chi connectivity index (χ2n) is 7.95. The minimum atomic E-state index is -0.397. The molecule has 5 nitrogen and oxygen atoms in total. The van der Waals surface area contributed by atoms with Crippen LogP contribution in [-0.2, 0) is 11.2 Å². The molecule has 0 aromatic heterocycles. The van der Waals surface area contributed by atoms with Gasteiger partial charge in [0.1, 0.15) is 11.9 Å². The number of benzene rings is 2. The van der Waals surface area contributed by atoms with Gasteiger partial charge >= 0.3 is 0 Å². The van der Waals surface area contributed by atoms with Gasteiger partial charge in [0.15, 0.2) is 11.6 Å². The molecule has 0 atom stereocenters. The predicted molar refractivity (Wildman–Crippen MR) is 109 cm³/mol. The minimum absolute atomic E-state index is 0.0650. The second kappa shape index (κ2) is 8.41. The Hall–Kier alpha value is -2.60. The van der Waals surface area contributed by atoms with E-state index in [0.717, 1.165) is 11.3 Å². The van der Waals surface area contributed by atoms with E-state index in [0.29, 0.717) is 45.4 Å². The maximum absolute atomic E-state index is 13.8. The third-order valence-corrected chi connectivity index (χ3v) is 5.92. The fourth-order valence-corrected chi connectivity index (χ4v) is 4.18. The smallest absolute Gasteiger partial charge is 0.231 e. The minimum Gasteiger partial charge on any atom is -0.497 e. The van der Waals surface area contributed by atoms with Crippen LogP contribution >= 0.6 is 0 Å². The van der Waals surface area contributed by atoms with Gasteiger partial charge in [-0.05, 0) is 36.2 Å². The first kappa shape index (κ1) is 19.7. The van der Waals surface area contributed by atoms with E-state index in [4.69, 9.17) is 9.47 Å². The zero-order valence-electron chi connectivity index (χ0n) is 16.7. The maximum Gasteiger partial charge on any atom is 0.231 e. The molecule has 29 heavy (non-hydrogen) atoms. The number of hydrogen-bond donors (Lipinski definition) is 1. The van der Waals surface area contributed by atoms with Crippen LogP contribution in [0.1, 0.15) is 18.4 Å². The monoisotopic (exact) mass is 398 g/mol. The van der Waals surface area contributed by atoms with Crippen LogP contribution < -0.4 is 14.8 Å². The van der Waals surface area contributed by atoms with Crippen LogP contribution in [-0.4, -0.2) is 50.2 Å². The van der Waals surface area contributed by atoms with E-state index in [2.05, 4.69) is 5.32 Å². The van der Waals surface area contributed by atoms with Crippen LogP contribution in [0.25, 0.3) is 0 Å². The summed E-state index contributed by atoms with van der Waals surface area (Å²) in [5.74, 6) is 0.950. The van der Waals surface area contributed by atoms with E-state index < -0.39 is 5.41 Å². The highest BCUT2D eigenvalue weighted by Crippen LogP contribution is 2.33. The van der Waals surface area contributed by atoms with E-state index in [9.17, 15) is 9.18 Å². The first-order chi connectivity index (χ1) is 14.1. The van der Waals surface area contributed by atoms with Gasteiger partial charge in [0, 0.05) is 39.0 Å². The highest BCUT2D eigenvalue weighted by molar-refractivity contribution is 5.85. The highest BCUT2D eigenvalue weighted by Gasteiger charge is 2.47. The summed E-state index contributed by atoms with van der Waals surface area (Å²) in [6, 6.07) is 14.4. The van der Waals surface area contributed by atoms with Gasteiger partial charge in [-0.25, -0.2) is 4.39 Å². The van der Waals surface area contributed by atoms with Gasteiger partial charge in [-0.2, -0.15) is 0 Å². The largest absolute Gasteiger partial charge is 0.497 e. The number of amides is 1. The van der Waals surface area contributed by atoms with Gasteiger partial charge in [0.25, 0.3) is 0 Å². The molecule has 0 bridgehead atoms. The number of carbonyl (C=O) groups is 1. The third kappa shape index (κ3) is 4.22. The fourth-order valence-electron chi connectivity index (χ4n) is 4.18. The molecule has 0 aliphatic carbocycles. The van der Waals surface area contributed by atoms with E-state index in [-0.39, 0.29) is 23.6 Å². The Morgan fingerprint density at radius 2 is 1.93 bits per heavy atom. The van der Waals surface area contributed by atoms with Crippen molar-refractivity contribution < 1.29 is 18.7 Å². The van der Waals surface area contributed by atoms with Crippen molar-refractivity contribution in [2.24, 2.45) is 5.41 Å². The molecular weight excluding hydrogens is 371 g/mol. The third-order valence-electron chi connectivity index (χ3n) is 5.92. The fraction of sp³-hybridized carbons (Fsp3) is 0.435. The van der Waals surface area contributed by atoms with Crippen molar-refractivity contribution in [1.29, 1.82) is 0 Å². The molecule has 0 spiro atoms. The normalized spacial score (nSPS) is 18.8. The maximum atomic E-state index is 13.8. The van der Waals surface area contributed by atoms with Crippen LogP contribution in [0.4, 0.5) is 4.39 Å². The molecule has 2 heterocycles. The zero-order chi connectivity index (χ0) is 20.3. The highest BCUT2D eigenvalue weighted by atomic mass is 19.1. The SMILES string of the molecule is COc1cccc(CC2(C(=O)N3CCC(Oc4ccccc4F)CC3)CNC2)c1. The van der Waals surface area contributed by atoms with Crippen molar-refractivity contribution in [3.63, 3.8) is 0 Å². The van der Waals surface area contributed by atoms with Crippen molar-refractivity contribution in [3.05, 3.63) is 59.9 Å². The van der Waals surface area contributed by atoms with Crippen molar-refractivity contribution in [3.8, 4) is 11.5 Å². The Morgan fingerprint density at radius 1 is 1.17 bits per heavy atom. The quantitative estimate of drug-likeness (QED) is 0.813. The molecule has 2 aromatic carbocycles. The molecule has 0 unspecified atom stereocenters. The molecule has 0 radical (unpaired) electrons. The van der Waals surface area contributed by atoms with Crippen molar-refractivity contribution in [2.45, 2.75) is 25.4 Å². The molecule has 2 saturated heterocycles. The van der Waals surface area contributed by atoms with Crippen LogP contribution in [0.15, 0.2) is 48.5 Å². The summed E-state index contributed by atoms with van der Waals surface area (Å²) in [5.41, 5.74) is 0.711.